The van der Waals surface area contributed by atoms with Gasteiger partial charge in [0.2, 0.25) is 5.91 Å². The maximum absolute atomic E-state index is 13.5. The standard InChI is InChI=1S/C28H37FN4O/c1-3-5-17-32(18-6-4-2)28(34)22-15-19-31(20-16-22)21-27-30-25-9-7-8-10-26(25)33(27)24-13-11-23(29)12-14-24/h7-14,22H,3-6,15-21H2,1-2H3. The van der Waals surface area contributed by atoms with E-state index in [1.54, 1.807) is 12.1 Å². The Morgan fingerprint density at radius 3 is 2.29 bits per heavy atom. The number of hydrogen-bond acceptors (Lipinski definition) is 3. The van der Waals surface area contributed by atoms with Crippen LogP contribution in [0.1, 0.15) is 58.2 Å². The molecule has 34 heavy (non-hydrogen) atoms. The highest BCUT2D eigenvalue weighted by molar-refractivity contribution is 5.79. The molecule has 0 N–H and O–H groups in total. The fraction of sp³-hybridized carbons (Fsp3) is 0.500. The molecule has 5 nitrogen and oxygen atoms in total. The van der Waals surface area contributed by atoms with Crippen molar-refractivity contribution in [3.05, 3.63) is 60.2 Å². The number of piperidine rings is 1. The summed E-state index contributed by atoms with van der Waals surface area (Å²) in [5.74, 6) is 1.18. The van der Waals surface area contributed by atoms with Crippen LogP contribution in [0.3, 0.4) is 0 Å². The van der Waals surface area contributed by atoms with Crippen molar-refractivity contribution >= 4 is 16.9 Å². The Labute approximate surface area is 202 Å². The highest BCUT2D eigenvalue weighted by Crippen LogP contribution is 2.26. The molecule has 0 radical (unpaired) electrons. The summed E-state index contributed by atoms with van der Waals surface area (Å²) in [6.45, 7) is 8.62. The Morgan fingerprint density at radius 1 is 1.00 bits per heavy atom. The zero-order valence-electron chi connectivity index (χ0n) is 20.5. The van der Waals surface area contributed by atoms with Gasteiger partial charge in [0.05, 0.1) is 17.6 Å². The molecule has 4 rings (SSSR count). The minimum atomic E-state index is -0.242. The number of carbonyl (C=O) groups is 1. The number of imidazole rings is 1. The number of unbranched alkanes of at least 4 members (excludes halogenated alkanes) is 2. The summed E-state index contributed by atoms with van der Waals surface area (Å²) in [5, 5.41) is 0. The van der Waals surface area contributed by atoms with Crippen molar-refractivity contribution in [3.63, 3.8) is 0 Å². The molecular weight excluding hydrogens is 427 g/mol. The minimum Gasteiger partial charge on any atom is -0.342 e. The van der Waals surface area contributed by atoms with E-state index in [2.05, 4.69) is 34.3 Å². The zero-order valence-corrected chi connectivity index (χ0v) is 20.5. The van der Waals surface area contributed by atoms with Gasteiger partial charge in [-0.25, -0.2) is 9.37 Å². The molecule has 0 unspecified atom stereocenters. The van der Waals surface area contributed by atoms with Crippen LogP contribution in [0, 0.1) is 11.7 Å². The predicted molar refractivity (Wildman–Crippen MR) is 135 cm³/mol. The Bertz CT molecular complexity index is 1060. The highest BCUT2D eigenvalue weighted by Gasteiger charge is 2.29. The van der Waals surface area contributed by atoms with Crippen LogP contribution in [-0.4, -0.2) is 51.4 Å². The smallest absolute Gasteiger partial charge is 0.225 e. The summed E-state index contributed by atoms with van der Waals surface area (Å²) >= 11 is 0. The second-order valence-corrected chi connectivity index (χ2v) is 9.41. The molecule has 1 aromatic heterocycles. The number of amides is 1. The molecule has 2 aromatic carbocycles. The number of halogens is 1. The molecule has 2 heterocycles. The van der Waals surface area contributed by atoms with Gasteiger partial charge in [-0.15, -0.1) is 0 Å². The van der Waals surface area contributed by atoms with Gasteiger partial charge in [0.15, 0.2) is 0 Å². The van der Waals surface area contributed by atoms with E-state index in [1.807, 2.05) is 18.2 Å². The Hall–Kier alpha value is -2.73. The Kier molecular flexibility index (Phi) is 8.33. The number of benzene rings is 2. The third kappa shape index (κ3) is 5.66. The molecule has 0 spiro atoms. The summed E-state index contributed by atoms with van der Waals surface area (Å²) in [5.41, 5.74) is 2.88. The van der Waals surface area contributed by atoms with Gasteiger partial charge in [-0.1, -0.05) is 38.8 Å². The van der Waals surface area contributed by atoms with E-state index in [-0.39, 0.29) is 11.7 Å². The quantitative estimate of drug-likeness (QED) is 0.380. The molecule has 1 aliphatic rings. The van der Waals surface area contributed by atoms with Crippen molar-refractivity contribution < 1.29 is 9.18 Å². The summed E-state index contributed by atoms with van der Waals surface area (Å²) in [7, 11) is 0. The first-order chi connectivity index (χ1) is 16.6. The Morgan fingerprint density at radius 2 is 1.65 bits per heavy atom. The van der Waals surface area contributed by atoms with Crippen molar-refractivity contribution in [3.8, 4) is 5.69 Å². The van der Waals surface area contributed by atoms with Crippen LogP contribution in [-0.2, 0) is 11.3 Å². The van der Waals surface area contributed by atoms with Gasteiger partial charge in [0, 0.05) is 24.7 Å². The molecule has 1 amide bonds. The van der Waals surface area contributed by atoms with Crippen LogP contribution in [0.5, 0.6) is 0 Å². The molecule has 182 valence electrons. The van der Waals surface area contributed by atoms with Crippen LogP contribution in [0.25, 0.3) is 16.7 Å². The van der Waals surface area contributed by atoms with Crippen molar-refractivity contribution in [1.82, 2.24) is 19.4 Å². The summed E-state index contributed by atoms with van der Waals surface area (Å²) in [4.78, 5) is 22.6. The number of likely N-dealkylation sites (tertiary alicyclic amines) is 1. The molecule has 1 aliphatic heterocycles. The number of carbonyl (C=O) groups excluding carboxylic acids is 1. The lowest BCUT2D eigenvalue weighted by atomic mass is 9.95. The normalized spacial score (nSPS) is 15.1. The van der Waals surface area contributed by atoms with Gasteiger partial charge in [-0.3, -0.25) is 14.3 Å². The van der Waals surface area contributed by atoms with E-state index in [0.717, 1.165) is 87.2 Å². The molecule has 0 atom stereocenters. The lowest BCUT2D eigenvalue weighted by molar-refractivity contribution is -0.137. The van der Waals surface area contributed by atoms with Crippen LogP contribution < -0.4 is 0 Å². The molecule has 0 saturated carbocycles. The zero-order chi connectivity index (χ0) is 23.9. The molecule has 3 aromatic rings. The van der Waals surface area contributed by atoms with E-state index in [4.69, 9.17) is 4.98 Å². The maximum atomic E-state index is 13.5. The lowest BCUT2D eigenvalue weighted by Crippen LogP contribution is -2.43. The largest absolute Gasteiger partial charge is 0.342 e. The first kappa shape index (κ1) is 24.4. The van der Waals surface area contributed by atoms with Gasteiger partial charge in [-0.05, 0) is 75.2 Å². The van der Waals surface area contributed by atoms with E-state index in [9.17, 15) is 9.18 Å². The monoisotopic (exact) mass is 464 g/mol. The van der Waals surface area contributed by atoms with Gasteiger partial charge >= 0.3 is 0 Å². The lowest BCUT2D eigenvalue weighted by Gasteiger charge is -2.34. The van der Waals surface area contributed by atoms with Crippen molar-refractivity contribution in [2.24, 2.45) is 5.92 Å². The average molecular weight is 465 g/mol. The van der Waals surface area contributed by atoms with Crippen molar-refractivity contribution in [1.29, 1.82) is 0 Å². The van der Waals surface area contributed by atoms with Gasteiger partial charge in [-0.2, -0.15) is 0 Å². The second kappa shape index (κ2) is 11.6. The van der Waals surface area contributed by atoms with E-state index < -0.39 is 0 Å². The number of rotatable bonds is 10. The number of fused-ring (bicyclic) bond motifs is 1. The number of aromatic nitrogens is 2. The predicted octanol–water partition coefficient (Wildman–Crippen LogP) is 5.81. The van der Waals surface area contributed by atoms with E-state index in [0.29, 0.717) is 12.5 Å². The third-order valence-corrected chi connectivity index (χ3v) is 6.89. The molecule has 0 aliphatic carbocycles. The van der Waals surface area contributed by atoms with Gasteiger partial charge < -0.3 is 4.90 Å². The fourth-order valence-electron chi connectivity index (χ4n) is 4.89. The van der Waals surface area contributed by atoms with E-state index in [1.165, 1.54) is 12.1 Å². The maximum Gasteiger partial charge on any atom is 0.225 e. The first-order valence-electron chi connectivity index (χ1n) is 12.8. The van der Waals surface area contributed by atoms with Crippen molar-refractivity contribution in [2.75, 3.05) is 26.2 Å². The summed E-state index contributed by atoms with van der Waals surface area (Å²) in [6.07, 6.45) is 6.17. The average Bonchev–Trinajstić information content (AvgIpc) is 3.22. The van der Waals surface area contributed by atoms with Crippen LogP contribution in [0.15, 0.2) is 48.5 Å². The SMILES string of the molecule is CCCCN(CCCC)C(=O)C1CCN(Cc2nc3ccccc3n2-c2ccc(F)cc2)CC1. The van der Waals surface area contributed by atoms with Gasteiger partial charge in [0.1, 0.15) is 11.6 Å². The molecule has 6 heteroatoms. The summed E-state index contributed by atoms with van der Waals surface area (Å²) < 4.78 is 15.7. The highest BCUT2D eigenvalue weighted by atomic mass is 19.1. The Balaban J connectivity index is 1.45. The first-order valence-corrected chi connectivity index (χ1v) is 12.8. The van der Waals surface area contributed by atoms with Crippen molar-refractivity contribution in [2.45, 2.75) is 58.9 Å². The van der Waals surface area contributed by atoms with Crippen LogP contribution in [0.2, 0.25) is 0 Å². The molecule has 1 fully saturated rings. The van der Waals surface area contributed by atoms with Gasteiger partial charge in [0.25, 0.3) is 0 Å². The van der Waals surface area contributed by atoms with Crippen LogP contribution in [0.4, 0.5) is 4.39 Å². The number of hydrogen-bond donors (Lipinski definition) is 0. The minimum absolute atomic E-state index is 0.126. The van der Waals surface area contributed by atoms with Crippen LogP contribution >= 0.6 is 0 Å². The molecule has 1 saturated heterocycles. The second-order valence-electron chi connectivity index (χ2n) is 9.41. The third-order valence-electron chi connectivity index (χ3n) is 6.89. The van der Waals surface area contributed by atoms with E-state index >= 15 is 0 Å². The number of para-hydroxylation sites is 2. The fourth-order valence-corrected chi connectivity index (χ4v) is 4.89. The molecular formula is C28H37FN4O. The number of nitrogens with zero attached hydrogens (tertiary/aromatic N) is 4. The molecule has 0 bridgehead atoms. The topological polar surface area (TPSA) is 41.4 Å². The summed E-state index contributed by atoms with van der Waals surface area (Å²) in [6, 6.07) is 14.7.